The Morgan fingerprint density at radius 1 is 1.04 bits per heavy atom. The van der Waals surface area contributed by atoms with Gasteiger partial charge in [-0.15, -0.1) is 0 Å². The summed E-state index contributed by atoms with van der Waals surface area (Å²) < 4.78 is 11.2. The molecule has 1 saturated heterocycles. The van der Waals surface area contributed by atoms with Gasteiger partial charge in [0.25, 0.3) is 11.1 Å². The summed E-state index contributed by atoms with van der Waals surface area (Å²) in [6, 6.07) is 13.4. The molecule has 28 heavy (non-hydrogen) atoms. The van der Waals surface area contributed by atoms with E-state index >= 15 is 0 Å². The third-order valence-electron chi connectivity index (χ3n) is 4.28. The number of carbonyl (C=O) groups excluding carboxylic acids is 2. The fraction of sp³-hybridized carbons (Fsp3) is 0.273. The maximum atomic E-state index is 12.6. The minimum Gasteiger partial charge on any atom is -0.494 e. The SMILES string of the molecule is CCOc1ccc(/C=C2\SC(=O)N(CCOc3cc(C)ccc3C)C2=O)cc1. The van der Waals surface area contributed by atoms with Gasteiger partial charge in [-0.3, -0.25) is 14.5 Å². The molecule has 2 aromatic carbocycles. The van der Waals surface area contributed by atoms with E-state index < -0.39 is 0 Å². The van der Waals surface area contributed by atoms with E-state index in [1.165, 1.54) is 4.90 Å². The van der Waals surface area contributed by atoms with Crippen LogP contribution in [0, 0.1) is 13.8 Å². The molecule has 2 amide bonds. The second kappa shape index (κ2) is 8.97. The maximum absolute atomic E-state index is 12.6. The van der Waals surface area contributed by atoms with Crippen LogP contribution in [-0.4, -0.2) is 35.8 Å². The topological polar surface area (TPSA) is 55.8 Å². The predicted octanol–water partition coefficient (Wildman–Crippen LogP) is 4.82. The maximum Gasteiger partial charge on any atom is 0.293 e. The van der Waals surface area contributed by atoms with E-state index in [-0.39, 0.29) is 24.3 Å². The number of aryl methyl sites for hydroxylation is 2. The number of rotatable bonds is 7. The number of thioether (sulfide) groups is 1. The Kier molecular flexibility index (Phi) is 6.41. The van der Waals surface area contributed by atoms with Crippen LogP contribution in [-0.2, 0) is 4.79 Å². The van der Waals surface area contributed by atoms with Crippen molar-refractivity contribution in [3.8, 4) is 11.5 Å². The molecule has 1 heterocycles. The average Bonchev–Trinajstić information content (AvgIpc) is 2.93. The van der Waals surface area contributed by atoms with Crippen molar-refractivity contribution in [2.75, 3.05) is 19.8 Å². The molecule has 146 valence electrons. The smallest absolute Gasteiger partial charge is 0.293 e. The zero-order valence-electron chi connectivity index (χ0n) is 16.2. The zero-order valence-corrected chi connectivity index (χ0v) is 17.0. The third kappa shape index (κ3) is 4.75. The van der Waals surface area contributed by atoms with E-state index in [9.17, 15) is 9.59 Å². The zero-order chi connectivity index (χ0) is 20.1. The first kappa shape index (κ1) is 20.0. The number of hydrogen-bond donors (Lipinski definition) is 0. The molecule has 6 heteroatoms. The summed E-state index contributed by atoms with van der Waals surface area (Å²) >= 11 is 0.955. The predicted molar refractivity (Wildman–Crippen MR) is 112 cm³/mol. The molecule has 0 N–H and O–H groups in total. The summed E-state index contributed by atoms with van der Waals surface area (Å²) in [6.45, 7) is 6.97. The van der Waals surface area contributed by atoms with E-state index in [2.05, 4.69) is 0 Å². The molecule has 0 bridgehead atoms. The second-order valence-corrected chi connectivity index (χ2v) is 7.45. The lowest BCUT2D eigenvalue weighted by molar-refractivity contribution is -0.123. The molecule has 0 aromatic heterocycles. The minimum absolute atomic E-state index is 0.221. The highest BCUT2D eigenvalue weighted by atomic mass is 32.2. The van der Waals surface area contributed by atoms with Gasteiger partial charge >= 0.3 is 0 Å². The van der Waals surface area contributed by atoms with Gasteiger partial charge in [0.1, 0.15) is 18.1 Å². The van der Waals surface area contributed by atoms with Crippen molar-refractivity contribution in [3.63, 3.8) is 0 Å². The molecule has 5 nitrogen and oxygen atoms in total. The number of imide groups is 1. The lowest BCUT2D eigenvalue weighted by Gasteiger charge is -2.14. The fourth-order valence-corrected chi connectivity index (χ4v) is 3.65. The summed E-state index contributed by atoms with van der Waals surface area (Å²) in [7, 11) is 0. The standard InChI is InChI=1S/C22H23NO4S/c1-4-26-18-9-7-17(8-10-18)14-20-21(24)23(22(25)28-20)11-12-27-19-13-15(2)5-6-16(19)3/h5-10,13-14H,4,11-12H2,1-3H3/b20-14-. The number of hydrogen-bond acceptors (Lipinski definition) is 5. The van der Waals surface area contributed by atoms with Crippen LogP contribution < -0.4 is 9.47 Å². The van der Waals surface area contributed by atoms with Crippen LogP contribution in [0.25, 0.3) is 6.08 Å². The molecule has 0 aliphatic carbocycles. The number of carbonyl (C=O) groups is 2. The Morgan fingerprint density at radius 2 is 1.79 bits per heavy atom. The van der Waals surface area contributed by atoms with Gasteiger partial charge in [0.05, 0.1) is 18.1 Å². The summed E-state index contributed by atoms with van der Waals surface area (Å²) in [5.74, 6) is 1.27. The van der Waals surface area contributed by atoms with Crippen molar-refractivity contribution in [1.82, 2.24) is 4.90 Å². The van der Waals surface area contributed by atoms with Crippen LogP contribution in [0.5, 0.6) is 11.5 Å². The molecule has 0 radical (unpaired) electrons. The van der Waals surface area contributed by atoms with Crippen LogP contribution in [0.3, 0.4) is 0 Å². The van der Waals surface area contributed by atoms with Gasteiger partial charge in [0.2, 0.25) is 0 Å². The summed E-state index contributed by atoms with van der Waals surface area (Å²) in [4.78, 5) is 26.5. The highest BCUT2D eigenvalue weighted by Crippen LogP contribution is 2.32. The van der Waals surface area contributed by atoms with Crippen LogP contribution in [0.1, 0.15) is 23.6 Å². The molecule has 2 aromatic rings. The molecule has 3 rings (SSSR count). The first-order valence-electron chi connectivity index (χ1n) is 9.16. The van der Waals surface area contributed by atoms with Gasteiger partial charge in [-0.25, -0.2) is 0 Å². The number of ether oxygens (including phenoxy) is 2. The monoisotopic (exact) mass is 397 g/mol. The Bertz CT molecular complexity index is 905. The van der Waals surface area contributed by atoms with Crippen LogP contribution in [0.15, 0.2) is 47.4 Å². The van der Waals surface area contributed by atoms with Gasteiger partial charge in [-0.2, -0.15) is 0 Å². The first-order chi connectivity index (χ1) is 13.5. The quantitative estimate of drug-likeness (QED) is 0.627. The molecule has 0 saturated carbocycles. The molecule has 0 unspecified atom stereocenters. The Labute approximate surface area is 169 Å². The third-order valence-corrected chi connectivity index (χ3v) is 5.19. The molecule has 1 fully saturated rings. The highest BCUT2D eigenvalue weighted by molar-refractivity contribution is 8.18. The molecule has 0 atom stereocenters. The molecule has 0 spiro atoms. The lowest BCUT2D eigenvalue weighted by atomic mass is 10.1. The average molecular weight is 397 g/mol. The van der Waals surface area contributed by atoms with Crippen LogP contribution in [0.4, 0.5) is 4.79 Å². The van der Waals surface area contributed by atoms with E-state index in [0.29, 0.717) is 11.5 Å². The van der Waals surface area contributed by atoms with E-state index in [1.54, 1.807) is 6.08 Å². The Morgan fingerprint density at radius 3 is 2.50 bits per heavy atom. The number of nitrogens with zero attached hydrogens (tertiary/aromatic N) is 1. The number of amides is 2. The highest BCUT2D eigenvalue weighted by Gasteiger charge is 2.34. The van der Waals surface area contributed by atoms with Crippen molar-refractivity contribution in [2.45, 2.75) is 20.8 Å². The van der Waals surface area contributed by atoms with Gasteiger partial charge in [-0.1, -0.05) is 24.3 Å². The van der Waals surface area contributed by atoms with E-state index in [4.69, 9.17) is 9.47 Å². The molecular formula is C22H23NO4S. The largest absolute Gasteiger partial charge is 0.494 e. The second-order valence-electron chi connectivity index (χ2n) is 6.45. The summed E-state index contributed by atoms with van der Waals surface area (Å²) in [5, 5.41) is -0.272. The van der Waals surface area contributed by atoms with Crippen LogP contribution >= 0.6 is 11.8 Å². The summed E-state index contributed by atoms with van der Waals surface area (Å²) in [6.07, 6.45) is 1.73. The van der Waals surface area contributed by atoms with Gasteiger partial charge in [-0.05, 0) is 73.5 Å². The van der Waals surface area contributed by atoms with E-state index in [0.717, 1.165) is 40.0 Å². The van der Waals surface area contributed by atoms with Crippen molar-refractivity contribution in [2.24, 2.45) is 0 Å². The lowest BCUT2D eigenvalue weighted by Crippen LogP contribution is -2.32. The molecule has 1 aliphatic rings. The first-order valence-corrected chi connectivity index (χ1v) is 9.98. The molecular weight excluding hydrogens is 374 g/mol. The Hall–Kier alpha value is -2.73. The van der Waals surface area contributed by atoms with Crippen molar-refractivity contribution in [1.29, 1.82) is 0 Å². The van der Waals surface area contributed by atoms with Gasteiger partial charge in [0, 0.05) is 0 Å². The minimum atomic E-state index is -0.284. The normalized spacial score (nSPS) is 15.4. The van der Waals surface area contributed by atoms with Crippen molar-refractivity contribution < 1.29 is 19.1 Å². The fourth-order valence-electron chi connectivity index (χ4n) is 2.78. The molecule has 1 aliphatic heterocycles. The van der Waals surface area contributed by atoms with Crippen molar-refractivity contribution >= 4 is 29.0 Å². The summed E-state index contributed by atoms with van der Waals surface area (Å²) in [5.41, 5.74) is 2.97. The van der Waals surface area contributed by atoms with Crippen LogP contribution in [0.2, 0.25) is 0 Å². The van der Waals surface area contributed by atoms with Gasteiger partial charge in [0.15, 0.2) is 0 Å². The van der Waals surface area contributed by atoms with Gasteiger partial charge < -0.3 is 9.47 Å². The Balaban J connectivity index is 1.62. The number of benzene rings is 2. The van der Waals surface area contributed by atoms with E-state index in [1.807, 2.05) is 63.2 Å². The van der Waals surface area contributed by atoms with Crippen molar-refractivity contribution in [3.05, 3.63) is 64.1 Å².